The molecule has 0 aliphatic rings. The summed E-state index contributed by atoms with van der Waals surface area (Å²) in [6, 6.07) is 0. The first-order valence-electron chi connectivity index (χ1n) is 3.90. The summed E-state index contributed by atoms with van der Waals surface area (Å²) in [4.78, 5) is 38.8. The fourth-order valence-corrected chi connectivity index (χ4v) is 0.408. The van der Waals surface area contributed by atoms with Gasteiger partial charge in [-0.1, -0.05) is 0 Å². The van der Waals surface area contributed by atoms with Crippen molar-refractivity contribution in [1.29, 1.82) is 0 Å². The van der Waals surface area contributed by atoms with Crippen LogP contribution < -0.4 is 0 Å². The molecule has 108 valence electrons. The van der Waals surface area contributed by atoms with E-state index in [1.54, 1.807) is 0 Å². The van der Waals surface area contributed by atoms with Crippen molar-refractivity contribution in [3.63, 3.8) is 0 Å². The minimum atomic E-state index is -2.87. The van der Waals surface area contributed by atoms with Gasteiger partial charge in [0.25, 0.3) is 0 Å². The third-order valence-electron chi connectivity index (χ3n) is 1.04. The van der Waals surface area contributed by atoms with Crippen molar-refractivity contribution in [3.05, 3.63) is 0 Å². The molecule has 0 aliphatic heterocycles. The summed E-state index contributed by atoms with van der Waals surface area (Å²) in [5, 5.41) is 33.6. The van der Waals surface area contributed by atoms with Crippen molar-refractivity contribution in [1.82, 2.24) is 0 Å². The van der Waals surface area contributed by atoms with Crippen LogP contribution in [0.4, 0.5) is 0 Å². The Kier molecular flexibility index (Phi) is 18.4. The molecule has 0 saturated carbocycles. The third-order valence-corrected chi connectivity index (χ3v) is 1.04. The van der Waals surface area contributed by atoms with Gasteiger partial charge in [0.05, 0.1) is 6.61 Å². The van der Waals surface area contributed by atoms with Crippen LogP contribution in [-0.4, -0.2) is 71.2 Å². The molecule has 11 nitrogen and oxygen atoms in total. The highest BCUT2D eigenvalue weighted by atomic mass is 31.1. The zero-order chi connectivity index (χ0) is 15.3. The second-order valence-electron chi connectivity index (χ2n) is 2.32. The highest BCUT2D eigenvalue weighted by Gasteiger charge is 2.21. The molecule has 0 aromatic heterocycles. The minimum Gasteiger partial charge on any atom is -0.394 e. The van der Waals surface area contributed by atoms with Gasteiger partial charge in [0.15, 0.2) is 5.78 Å². The van der Waals surface area contributed by atoms with Gasteiger partial charge in [0.2, 0.25) is 0 Å². The van der Waals surface area contributed by atoms with E-state index >= 15 is 0 Å². The molecule has 0 aromatic carbocycles. The first-order valence-corrected chi connectivity index (χ1v) is 6.23. The highest BCUT2D eigenvalue weighted by molar-refractivity contribution is 7.31. The number of rotatable bonds is 4. The monoisotopic (exact) mass is 312 g/mol. The summed E-state index contributed by atoms with van der Waals surface area (Å²) in [6.45, 7) is -1.54. The fraction of sp³-hybridized carbons (Fsp3) is 0.800. The Bertz CT molecular complexity index is 236. The zero-order valence-electron chi connectivity index (χ0n) is 8.77. The second kappa shape index (κ2) is 14.6. The molecule has 0 unspecified atom stereocenters. The molecule has 13 heteroatoms. The zero-order valence-corrected chi connectivity index (χ0v) is 10.6. The summed E-state index contributed by atoms with van der Waals surface area (Å²) in [7, 11) is -5.74. The van der Waals surface area contributed by atoms with Crippen LogP contribution in [0, 0.1) is 0 Å². The number of hydrogen-bond acceptors (Lipinski definition) is 7. The number of ketones is 1. The van der Waals surface area contributed by atoms with Crippen molar-refractivity contribution >= 4 is 22.3 Å². The van der Waals surface area contributed by atoms with Gasteiger partial charge in [-0.2, -0.15) is 0 Å². The quantitative estimate of drug-likeness (QED) is 0.238. The van der Waals surface area contributed by atoms with Crippen molar-refractivity contribution in [2.75, 3.05) is 13.2 Å². The molecule has 0 radical (unpaired) electrons. The molecule has 18 heavy (non-hydrogen) atoms. The molecule has 0 aliphatic carbocycles. The molecule has 0 spiro atoms. The van der Waals surface area contributed by atoms with E-state index in [2.05, 4.69) is 0 Å². The minimum absolute atomic E-state index is 0.701. The van der Waals surface area contributed by atoms with Gasteiger partial charge < -0.3 is 20.4 Å². The molecule has 2 atom stereocenters. The Labute approximate surface area is 102 Å². The van der Waals surface area contributed by atoms with Gasteiger partial charge in [-0.25, -0.2) is 0 Å². The van der Waals surface area contributed by atoms with Crippen LogP contribution in [-0.2, 0) is 13.9 Å². The summed E-state index contributed by atoms with van der Waals surface area (Å²) in [5.41, 5.74) is 0. The number of carbonyl (C=O) groups is 1. The Morgan fingerprint density at radius 3 is 1.39 bits per heavy atom. The maximum Gasteiger partial charge on any atom is 0.692 e. The van der Waals surface area contributed by atoms with Gasteiger partial charge in [-0.05, 0) is 0 Å². The topological polar surface area (TPSA) is 213 Å². The van der Waals surface area contributed by atoms with Crippen LogP contribution in [0.1, 0.15) is 0 Å². The van der Waals surface area contributed by atoms with Crippen molar-refractivity contribution in [2.45, 2.75) is 12.2 Å². The lowest BCUT2D eigenvalue weighted by molar-refractivity contribution is -0.137. The fourth-order valence-electron chi connectivity index (χ4n) is 0.408. The second-order valence-corrected chi connectivity index (χ2v) is 3.34. The summed E-state index contributed by atoms with van der Waals surface area (Å²) < 4.78 is 17.4. The molecule has 0 bridgehead atoms. The van der Waals surface area contributed by atoms with E-state index in [0.29, 0.717) is 0 Å². The van der Waals surface area contributed by atoms with Crippen molar-refractivity contribution in [3.8, 4) is 0 Å². The Morgan fingerprint density at radius 2 is 1.22 bits per heavy atom. The normalized spacial score (nSPS) is 12.0. The van der Waals surface area contributed by atoms with E-state index in [0.717, 1.165) is 0 Å². The Morgan fingerprint density at radius 1 is 0.944 bits per heavy atom. The van der Waals surface area contributed by atoms with Crippen molar-refractivity contribution in [2.24, 2.45) is 0 Å². The van der Waals surface area contributed by atoms with E-state index in [-0.39, 0.29) is 0 Å². The third kappa shape index (κ3) is 24.7. The number of aliphatic hydroxyl groups excluding tert-OH is 4. The van der Waals surface area contributed by atoms with Crippen LogP contribution in [0.5, 0.6) is 0 Å². The van der Waals surface area contributed by atoms with E-state index in [4.69, 9.17) is 49.1 Å². The molecule has 0 rings (SSSR count). The molecule has 0 heterocycles. The first kappa shape index (κ1) is 22.7. The smallest absolute Gasteiger partial charge is 0.394 e. The van der Waals surface area contributed by atoms with Crippen LogP contribution in [0.25, 0.3) is 0 Å². The van der Waals surface area contributed by atoms with Gasteiger partial charge in [0, 0.05) is 9.13 Å². The lowest BCUT2D eigenvalue weighted by atomic mass is 10.1. The average molecular weight is 312 g/mol. The lowest BCUT2D eigenvalue weighted by Crippen LogP contribution is -2.37. The Hall–Kier alpha value is -0.450. The largest absolute Gasteiger partial charge is 0.692 e. The number of aliphatic hydroxyl groups is 4. The molecular formula is C5H14O11P2+2. The summed E-state index contributed by atoms with van der Waals surface area (Å²) in [6.07, 6.45) is -3.19. The standard InChI is InChI=1S/C5H10O5.2HO3P/c6-1-3(8)5(10)4(9)2-7;2*1-4(2)3/h3,5-8,10H,1-2H2;2*(H-,1,2,3)/p+2/t3-,5-;;/m1../s1. The van der Waals surface area contributed by atoms with E-state index in [9.17, 15) is 4.79 Å². The lowest BCUT2D eigenvalue weighted by Gasteiger charge is -2.11. The number of hydrogen-bond donors (Lipinski definition) is 8. The maximum absolute atomic E-state index is 10.3. The first-order chi connectivity index (χ1) is 8.09. The molecule has 0 saturated heterocycles. The van der Waals surface area contributed by atoms with Crippen molar-refractivity contribution < 1.29 is 53.9 Å². The highest BCUT2D eigenvalue weighted by Crippen LogP contribution is 1.99. The average Bonchev–Trinajstić information content (AvgIpc) is 2.24. The van der Waals surface area contributed by atoms with Gasteiger partial charge in [-0.15, -0.1) is 19.6 Å². The molecule has 8 N–H and O–H groups in total. The van der Waals surface area contributed by atoms with Gasteiger partial charge in [-0.3, -0.25) is 4.79 Å². The molecule has 0 fully saturated rings. The van der Waals surface area contributed by atoms with E-state index < -0.39 is 47.7 Å². The van der Waals surface area contributed by atoms with Gasteiger partial charge >= 0.3 is 16.5 Å². The molecular weight excluding hydrogens is 298 g/mol. The summed E-state index contributed by atoms with van der Waals surface area (Å²) in [5.74, 6) is -0.901. The van der Waals surface area contributed by atoms with E-state index in [1.165, 1.54) is 0 Å². The SMILES string of the molecule is O=C(CO)[C@H](O)[C@H](O)CO.O=[P+](O)O.O=[P+](O)O. The predicted octanol–water partition coefficient (Wildman–Crippen LogP) is -3.48. The van der Waals surface area contributed by atoms with E-state index in [1.807, 2.05) is 0 Å². The maximum atomic E-state index is 10.3. The van der Waals surface area contributed by atoms with Gasteiger partial charge in [0.1, 0.15) is 18.8 Å². The van der Waals surface area contributed by atoms with Crippen LogP contribution in [0.2, 0.25) is 0 Å². The summed E-state index contributed by atoms with van der Waals surface area (Å²) >= 11 is 0. The van der Waals surface area contributed by atoms with Crippen LogP contribution in [0.3, 0.4) is 0 Å². The molecule has 0 aromatic rings. The number of carbonyl (C=O) groups excluding carboxylic acids is 1. The van der Waals surface area contributed by atoms with Crippen LogP contribution in [0.15, 0.2) is 0 Å². The Balaban J connectivity index is -0.000000233. The number of Topliss-reactive ketones (excluding diaryl/α,β-unsaturated/α-hetero) is 1. The van der Waals surface area contributed by atoms with Crippen LogP contribution >= 0.6 is 16.5 Å². The molecule has 0 amide bonds. The predicted molar refractivity (Wildman–Crippen MR) is 55.3 cm³/mol.